The Morgan fingerprint density at radius 1 is 1.08 bits per heavy atom. The minimum atomic E-state index is -1.35. The first-order valence-corrected chi connectivity index (χ1v) is 11.8. The van der Waals surface area contributed by atoms with Gasteiger partial charge in [0.1, 0.15) is 42.2 Å². The summed E-state index contributed by atoms with van der Waals surface area (Å²) in [5, 5.41) is 5.01. The summed E-state index contributed by atoms with van der Waals surface area (Å²) < 4.78 is 41.5. The molecule has 1 unspecified atom stereocenters. The maximum atomic E-state index is 14.8. The lowest BCUT2D eigenvalue weighted by molar-refractivity contribution is -0.0666. The van der Waals surface area contributed by atoms with Crippen LogP contribution in [0.25, 0.3) is 6.08 Å². The number of halogens is 4. The predicted octanol–water partition coefficient (Wildman–Crippen LogP) is 6.38. The Hall–Kier alpha value is -3.59. The number of carbonyl (C=O) groups is 1. The molecule has 3 aromatic carbocycles. The second kappa shape index (κ2) is 11.6. The van der Waals surface area contributed by atoms with Crippen LogP contribution in [0.2, 0.25) is 10.0 Å². The van der Waals surface area contributed by atoms with E-state index in [1.54, 1.807) is 48.5 Å². The molecule has 0 saturated carbocycles. The zero-order valence-corrected chi connectivity index (χ0v) is 21.1. The van der Waals surface area contributed by atoms with E-state index in [9.17, 15) is 13.6 Å². The highest BCUT2D eigenvalue weighted by Gasteiger charge is 2.37. The smallest absolute Gasteiger partial charge is 0.185 e. The Morgan fingerprint density at radius 3 is 2.51 bits per heavy atom. The zero-order chi connectivity index (χ0) is 26.4. The molecule has 0 aliphatic carbocycles. The highest BCUT2D eigenvalue weighted by Crippen LogP contribution is 2.31. The number of methoxy groups -OCH3 is 1. The molecule has 190 valence electrons. The van der Waals surface area contributed by atoms with Gasteiger partial charge >= 0.3 is 0 Å². The van der Waals surface area contributed by atoms with Crippen molar-refractivity contribution in [1.29, 1.82) is 0 Å². The molecule has 10 heteroatoms. The average Bonchev–Trinajstić information content (AvgIpc) is 3.39. The van der Waals surface area contributed by atoms with Crippen LogP contribution >= 0.6 is 23.2 Å². The van der Waals surface area contributed by atoms with E-state index in [1.807, 2.05) is 0 Å². The monoisotopic (exact) mass is 543 g/mol. The van der Waals surface area contributed by atoms with Gasteiger partial charge in [-0.1, -0.05) is 35.3 Å². The maximum Gasteiger partial charge on any atom is 0.185 e. The lowest BCUT2D eigenvalue weighted by Crippen LogP contribution is -2.41. The molecule has 6 nitrogen and oxygen atoms in total. The number of ether oxygens (including phenoxy) is 2. The van der Waals surface area contributed by atoms with Crippen molar-refractivity contribution in [2.45, 2.75) is 12.1 Å². The molecule has 1 aromatic heterocycles. The van der Waals surface area contributed by atoms with Gasteiger partial charge in [-0.15, -0.1) is 0 Å². The van der Waals surface area contributed by atoms with E-state index in [0.717, 1.165) is 12.1 Å². The van der Waals surface area contributed by atoms with Gasteiger partial charge in [-0.25, -0.2) is 18.4 Å². The number of benzene rings is 3. The summed E-state index contributed by atoms with van der Waals surface area (Å²) in [6.07, 6.45) is 5.82. The summed E-state index contributed by atoms with van der Waals surface area (Å²) in [5.41, 5.74) is -0.153. The lowest BCUT2D eigenvalue weighted by atomic mass is 9.93. The number of aromatic nitrogens is 3. The summed E-state index contributed by atoms with van der Waals surface area (Å²) >= 11 is 12.0. The molecule has 0 aliphatic rings. The second-order valence-electron chi connectivity index (χ2n) is 8.09. The first-order chi connectivity index (χ1) is 17.8. The van der Waals surface area contributed by atoms with Crippen LogP contribution in [-0.4, -0.2) is 34.3 Å². The second-order valence-corrected chi connectivity index (χ2v) is 8.94. The first kappa shape index (κ1) is 26.5. The molecule has 4 aromatic rings. The molecule has 0 spiro atoms. The van der Waals surface area contributed by atoms with Crippen molar-refractivity contribution in [2.75, 3.05) is 13.7 Å². The van der Waals surface area contributed by atoms with Gasteiger partial charge in [0.25, 0.3) is 0 Å². The normalized spacial score (nSPS) is 13.0. The summed E-state index contributed by atoms with van der Waals surface area (Å²) in [7, 11) is 1.41. The minimum absolute atomic E-state index is 0.0562. The van der Waals surface area contributed by atoms with Gasteiger partial charge in [-0.2, -0.15) is 5.10 Å². The van der Waals surface area contributed by atoms with Gasteiger partial charge in [0, 0.05) is 34.3 Å². The molecule has 0 N–H and O–H groups in total. The topological polar surface area (TPSA) is 66.2 Å². The van der Waals surface area contributed by atoms with Gasteiger partial charge in [0.15, 0.2) is 5.78 Å². The van der Waals surface area contributed by atoms with E-state index >= 15 is 0 Å². The fourth-order valence-corrected chi connectivity index (χ4v) is 4.16. The van der Waals surface area contributed by atoms with E-state index in [0.29, 0.717) is 26.9 Å². The first-order valence-electron chi connectivity index (χ1n) is 11.0. The number of nitrogens with zero attached hydrogens (tertiary/aromatic N) is 3. The molecule has 0 amide bonds. The van der Waals surface area contributed by atoms with Crippen molar-refractivity contribution < 1.29 is 23.0 Å². The largest absolute Gasteiger partial charge is 0.490 e. The summed E-state index contributed by atoms with van der Waals surface area (Å²) in [6.45, 7) is -0.0746. The van der Waals surface area contributed by atoms with Crippen LogP contribution in [0, 0.1) is 11.6 Å². The third-order valence-corrected chi connectivity index (χ3v) is 6.25. The molecular formula is C27H21Cl2F2N3O3. The highest BCUT2D eigenvalue weighted by molar-refractivity contribution is 6.35. The number of carbonyl (C=O) groups excluding carboxylic acids is 1. The van der Waals surface area contributed by atoms with E-state index in [4.69, 9.17) is 32.7 Å². The molecule has 0 aliphatic heterocycles. The van der Waals surface area contributed by atoms with Crippen LogP contribution in [0.5, 0.6) is 5.75 Å². The highest BCUT2D eigenvalue weighted by atomic mass is 35.5. The molecule has 0 saturated heterocycles. The van der Waals surface area contributed by atoms with Crippen LogP contribution in [0.1, 0.15) is 21.5 Å². The molecule has 37 heavy (non-hydrogen) atoms. The van der Waals surface area contributed by atoms with Crippen molar-refractivity contribution in [3.8, 4) is 5.75 Å². The quantitative estimate of drug-likeness (QED) is 0.171. The number of ketones is 1. The van der Waals surface area contributed by atoms with Crippen molar-refractivity contribution in [2.24, 2.45) is 0 Å². The number of hydrogen-bond donors (Lipinski definition) is 0. The summed E-state index contributed by atoms with van der Waals surface area (Å²) in [4.78, 5) is 16.5. The molecule has 4 rings (SSSR count). The van der Waals surface area contributed by atoms with Gasteiger partial charge in [0.05, 0.1) is 6.54 Å². The fraction of sp³-hybridized carbons (Fsp3) is 0.148. The summed E-state index contributed by atoms with van der Waals surface area (Å²) in [5.74, 6) is -1.30. The lowest BCUT2D eigenvalue weighted by Gasteiger charge is -2.33. The van der Waals surface area contributed by atoms with Crippen molar-refractivity contribution >= 4 is 35.1 Å². The number of rotatable bonds is 10. The fourth-order valence-electron chi connectivity index (χ4n) is 3.69. The van der Waals surface area contributed by atoms with E-state index in [2.05, 4.69) is 10.1 Å². The maximum absolute atomic E-state index is 14.8. The Morgan fingerprint density at radius 2 is 1.86 bits per heavy atom. The van der Waals surface area contributed by atoms with Crippen LogP contribution < -0.4 is 4.74 Å². The van der Waals surface area contributed by atoms with Gasteiger partial charge in [-0.05, 0) is 60.2 Å². The predicted molar refractivity (Wildman–Crippen MR) is 137 cm³/mol. The van der Waals surface area contributed by atoms with Gasteiger partial charge in [-0.3, -0.25) is 4.79 Å². The molecule has 0 fully saturated rings. The third-order valence-electron chi connectivity index (χ3n) is 5.68. The van der Waals surface area contributed by atoms with E-state index in [-0.39, 0.29) is 24.5 Å². The van der Waals surface area contributed by atoms with Crippen molar-refractivity contribution in [3.05, 3.63) is 118 Å². The summed E-state index contributed by atoms with van der Waals surface area (Å²) in [6, 6.07) is 14.7. The van der Waals surface area contributed by atoms with Gasteiger partial charge < -0.3 is 9.47 Å². The van der Waals surface area contributed by atoms with Crippen molar-refractivity contribution in [3.63, 3.8) is 0 Å². The van der Waals surface area contributed by atoms with E-state index < -0.39 is 17.2 Å². The van der Waals surface area contributed by atoms with Crippen LogP contribution in [0.4, 0.5) is 8.78 Å². The Balaban J connectivity index is 1.51. The molecule has 0 bridgehead atoms. The molecular weight excluding hydrogens is 523 g/mol. The van der Waals surface area contributed by atoms with E-state index in [1.165, 1.54) is 36.6 Å². The van der Waals surface area contributed by atoms with Gasteiger partial charge in [0.2, 0.25) is 0 Å². The Labute approximate surface area is 222 Å². The molecule has 1 heterocycles. The number of hydrogen-bond acceptors (Lipinski definition) is 5. The Kier molecular flexibility index (Phi) is 8.33. The van der Waals surface area contributed by atoms with Crippen LogP contribution in [0.3, 0.4) is 0 Å². The third kappa shape index (κ3) is 6.40. The van der Waals surface area contributed by atoms with Crippen LogP contribution in [-0.2, 0) is 16.9 Å². The average molecular weight is 544 g/mol. The Bertz CT molecular complexity index is 1410. The molecule has 0 radical (unpaired) electrons. The van der Waals surface area contributed by atoms with Crippen LogP contribution in [0.15, 0.2) is 79.4 Å². The SMILES string of the molecule is COC(COc1ccc(C(=O)/C=C/c2ccc(Cl)cc2Cl)cc1)(Cn1cncn1)c1ccc(F)cc1F. The number of allylic oxidation sites excluding steroid dienone is 1. The van der Waals surface area contributed by atoms with Crippen molar-refractivity contribution in [1.82, 2.24) is 14.8 Å². The zero-order valence-electron chi connectivity index (χ0n) is 19.6. The minimum Gasteiger partial charge on any atom is -0.490 e. The standard InChI is InChI=1S/C27H21Cl2F2N3O3/c1-36-27(14-34-17-32-16-33-34,23-10-7-21(30)13-25(23)31)15-37-22-8-3-19(4-9-22)26(35)11-5-18-2-6-20(28)12-24(18)29/h2-13,16-17H,14-15H2,1H3/b11-5+. The molecule has 1 atom stereocenters.